The second-order valence-electron chi connectivity index (χ2n) is 7.17. The summed E-state index contributed by atoms with van der Waals surface area (Å²) in [6.45, 7) is 7.55. The zero-order chi connectivity index (χ0) is 19.3. The number of rotatable bonds is 6. The van der Waals surface area contributed by atoms with Gasteiger partial charge in [-0.2, -0.15) is 4.31 Å². The summed E-state index contributed by atoms with van der Waals surface area (Å²) in [4.78, 5) is 16.5. The molecule has 2 aliphatic rings. The summed E-state index contributed by atoms with van der Waals surface area (Å²) in [5, 5.41) is 0. The second kappa shape index (κ2) is 9.14. The molecule has 0 saturated carbocycles. The summed E-state index contributed by atoms with van der Waals surface area (Å²) < 4.78 is 32.3. The molecule has 0 aromatic heterocycles. The van der Waals surface area contributed by atoms with Crippen molar-refractivity contribution < 1.29 is 17.9 Å². The average Bonchev–Trinajstić information content (AvgIpc) is 2.69. The highest BCUT2D eigenvalue weighted by atomic mass is 32.2. The Labute approximate surface area is 161 Å². The van der Waals surface area contributed by atoms with Crippen molar-refractivity contribution in [2.45, 2.75) is 19.1 Å². The first-order valence-electron chi connectivity index (χ1n) is 9.56. The van der Waals surface area contributed by atoms with E-state index in [1.807, 2.05) is 31.2 Å². The van der Waals surface area contributed by atoms with Gasteiger partial charge in [0.1, 0.15) is 0 Å². The van der Waals surface area contributed by atoms with Crippen molar-refractivity contribution >= 4 is 15.9 Å². The molecule has 150 valence electrons. The summed E-state index contributed by atoms with van der Waals surface area (Å²) in [5.74, 6) is 0.127. The maximum Gasteiger partial charge on any atom is 0.223 e. The molecule has 0 aliphatic carbocycles. The van der Waals surface area contributed by atoms with Gasteiger partial charge in [-0.15, -0.1) is 0 Å². The lowest BCUT2D eigenvalue weighted by atomic mass is 10.1. The van der Waals surface area contributed by atoms with E-state index in [1.54, 1.807) is 4.90 Å². The molecule has 0 atom stereocenters. The molecular formula is C19H29N3O4S. The number of sulfonamides is 1. The summed E-state index contributed by atoms with van der Waals surface area (Å²) in [6, 6.07) is 7.56. The van der Waals surface area contributed by atoms with Gasteiger partial charge >= 0.3 is 0 Å². The van der Waals surface area contributed by atoms with E-state index in [-0.39, 0.29) is 11.7 Å². The van der Waals surface area contributed by atoms with Gasteiger partial charge in [0, 0.05) is 52.2 Å². The molecule has 7 nitrogen and oxygen atoms in total. The third-order valence-corrected chi connectivity index (χ3v) is 7.16. The Balaban J connectivity index is 1.47. The van der Waals surface area contributed by atoms with Crippen LogP contribution in [0.2, 0.25) is 0 Å². The molecule has 2 fully saturated rings. The van der Waals surface area contributed by atoms with Crippen LogP contribution in [0.4, 0.5) is 0 Å². The molecule has 0 N–H and O–H groups in total. The minimum Gasteiger partial charge on any atom is -0.379 e. The Morgan fingerprint density at radius 2 is 1.70 bits per heavy atom. The van der Waals surface area contributed by atoms with Gasteiger partial charge in [-0.05, 0) is 18.1 Å². The van der Waals surface area contributed by atoms with E-state index in [4.69, 9.17) is 4.74 Å². The van der Waals surface area contributed by atoms with Crippen molar-refractivity contribution in [3.63, 3.8) is 0 Å². The number of morpholine rings is 1. The standard InChI is InChI=1S/C19H29N3O4S/c1-17-4-2-3-5-18(17)16-27(24,25)22-10-8-21(9-11-22)19(23)6-7-20-12-14-26-15-13-20/h2-5H,6-16H2,1H3. The quantitative estimate of drug-likeness (QED) is 0.709. The highest BCUT2D eigenvalue weighted by Crippen LogP contribution is 2.16. The number of benzene rings is 1. The van der Waals surface area contributed by atoms with E-state index < -0.39 is 10.0 Å². The predicted octanol–water partition coefficient (Wildman–Crippen LogP) is 0.691. The van der Waals surface area contributed by atoms with Crippen molar-refractivity contribution in [3.05, 3.63) is 35.4 Å². The van der Waals surface area contributed by atoms with Crippen LogP contribution >= 0.6 is 0 Å². The summed E-state index contributed by atoms with van der Waals surface area (Å²) in [7, 11) is -3.36. The Kier molecular flexibility index (Phi) is 6.86. The molecule has 3 rings (SSSR count). The first-order valence-corrected chi connectivity index (χ1v) is 11.2. The molecule has 0 bridgehead atoms. The van der Waals surface area contributed by atoms with Gasteiger partial charge in [0.25, 0.3) is 0 Å². The number of carbonyl (C=O) groups is 1. The lowest BCUT2D eigenvalue weighted by molar-refractivity contribution is -0.133. The molecule has 1 aromatic rings. The maximum atomic E-state index is 12.7. The number of piperazine rings is 1. The lowest BCUT2D eigenvalue weighted by Gasteiger charge is -2.35. The monoisotopic (exact) mass is 395 g/mol. The molecule has 0 spiro atoms. The van der Waals surface area contributed by atoms with Gasteiger partial charge in [-0.3, -0.25) is 9.69 Å². The number of ether oxygens (including phenoxy) is 1. The summed E-state index contributed by atoms with van der Waals surface area (Å²) in [6.07, 6.45) is 0.482. The van der Waals surface area contributed by atoms with Crippen molar-refractivity contribution in [3.8, 4) is 0 Å². The first kappa shape index (κ1) is 20.3. The van der Waals surface area contributed by atoms with Gasteiger partial charge in [-0.1, -0.05) is 24.3 Å². The molecule has 2 heterocycles. The minimum absolute atomic E-state index is 0.0185. The van der Waals surface area contributed by atoms with Gasteiger partial charge in [0.2, 0.25) is 15.9 Å². The molecular weight excluding hydrogens is 366 g/mol. The maximum absolute atomic E-state index is 12.7. The largest absolute Gasteiger partial charge is 0.379 e. The SMILES string of the molecule is Cc1ccccc1CS(=O)(=O)N1CCN(C(=O)CCN2CCOCC2)CC1. The number of aryl methyl sites for hydroxylation is 1. The fourth-order valence-electron chi connectivity index (χ4n) is 3.51. The Bertz CT molecular complexity index is 739. The predicted molar refractivity (Wildman–Crippen MR) is 104 cm³/mol. The van der Waals surface area contributed by atoms with Crippen molar-refractivity contribution in [1.82, 2.24) is 14.1 Å². The van der Waals surface area contributed by atoms with Crippen molar-refractivity contribution in [2.75, 3.05) is 59.0 Å². The van der Waals surface area contributed by atoms with E-state index in [2.05, 4.69) is 4.90 Å². The molecule has 27 heavy (non-hydrogen) atoms. The third kappa shape index (κ3) is 5.51. The Morgan fingerprint density at radius 1 is 1.04 bits per heavy atom. The molecule has 8 heteroatoms. The zero-order valence-corrected chi connectivity index (χ0v) is 16.8. The van der Waals surface area contributed by atoms with E-state index >= 15 is 0 Å². The Hall–Kier alpha value is -1.48. The molecule has 2 saturated heterocycles. The van der Waals surface area contributed by atoms with Crippen LogP contribution in [-0.2, 0) is 25.3 Å². The summed E-state index contributed by atoms with van der Waals surface area (Å²) in [5.41, 5.74) is 1.82. The number of hydrogen-bond acceptors (Lipinski definition) is 5. The zero-order valence-electron chi connectivity index (χ0n) is 16.0. The third-order valence-electron chi connectivity index (χ3n) is 5.33. The van der Waals surface area contributed by atoms with Gasteiger partial charge in [-0.25, -0.2) is 8.42 Å². The minimum atomic E-state index is -3.36. The van der Waals surface area contributed by atoms with Crippen molar-refractivity contribution in [1.29, 1.82) is 0 Å². The number of hydrogen-bond donors (Lipinski definition) is 0. The van der Waals surface area contributed by atoms with Crippen LogP contribution < -0.4 is 0 Å². The fourth-order valence-corrected chi connectivity index (χ4v) is 5.13. The average molecular weight is 396 g/mol. The highest BCUT2D eigenvalue weighted by Gasteiger charge is 2.29. The number of nitrogens with zero attached hydrogens (tertiary/aromatic N) is 3. The van der Waals surface area contributed by atoms with Gasteiger partial charge < -0.3 is 9.64 Å². The van der Waals surface area contributed by atoms with Crippen LogP contribution in [0.1, 0.15) is 17.5 Å². The molecule has 0 unspecified atom stereocenters. The van der Waals surface area contributed by atoms with Crippen molar-refractivity contribution in [2.24, 2.45) is 0 Å². The molecule has 1 amide bonds. The summed E-state index contributed by atoms with van der Waals surface area (Å²) >= 11 is 0. The normalized spacial score (nSPS) is 20.0. The van der Waals surface area contributed by atoms with E-state index in [0.717, 1.165) is 44.0 Å². The van der Waals surface area contributed by atoms with Crippen LogP contribution in [0, 0.1) is 6.92 Å². The van der Waals surface area contributed by atoms with E-state index in [0.29, 0.717) is 32.6 Å². The van der Waals surface area contributed by atoms with Crippen LogP contribution in [-0.4, -0.2) is 87.5 Å². The van der Waals surface area contributed by atoms with E-state index in [9.17, 15) is 13.2 Å². The molecule has 2 aliphatic heterocycles. The van der Waals surface area contributed by atoms with Crippen LogP contribution in [0.25, 0.3) is 0 Å². The first-order chi connectivity index (χ1) is 13.0. The van der Waals surface area contributed by atoms with Gasteiger partial charge in [0.05, 0.1) is 19.0 Å². The molecule has 0 radical (unpaired) electrons. The lowest BCUT2D eigenvalue weighted by Crippen LogP contribution is -2.51. The topological polar surface area (TPSA) is 70.2 Å². The highest BCUT2D eigenvalue weighted by molar-refractivity contribution is 7.88. The molecule has 1 aromatic carbocycles. The van der Waals surface area contributed by atoms with Crippen LogP contribution in [0.15, 0.2) is 24.3 Å². The smallest absolute Gasteiger partial charge is 0.223 e. The Morgan fingerprint density at radius 3 is 2.37 bits per heavy atom. The number of carbonyl (C=O) groups excluding carboxylic acids is 1. The van der Waals surface area contributed by atoms with E-state index in [1.165, 1.54) is 4.31 Å². The second-order valence-corrected chi connectivity index (χ2v) is 9.14. The van der Waals surface area contributed by atoms with Crippen LogP contribution in [0.3, 0.4) is 0 Å². The van der Waals surface area contributed by atoms with Gasteiger partial charge in [0.15, 0.2) is 0 Å². The number of amides is 1. The fraction of sp³-hybridized carbons (Fsp3) is 0.632. The van der Waals surface area contributed by atoms with Crippen LogP contribution in [0.5, 0.6) is 0 Å².